The van der Waals surface area contributed by atoms with Crippen molar-refractivity contribution in [1.82, 2.24) is 14.7 Å². The quantitative estimate of drug-likeness (QED) is 0.805. The molecule has 146 valence electrons. The van der Waals surface area contributed by atoms with Crippen molar-refractivity contribution < 1.29 is 14.6 Å². The van der Waals surface area contributed by atoms with Gasteiger partial charge in [0, 0.05) is 25.8 Å². The van der Waals surface area contributed by atoms with Gasteiger partial charge in [0.2, 0.25) is 0 Å². The van der Waals surface area contributed by atoms with E-state index in [1.807, 2.05) is 30.1 Å². The van der Waals surface area contributed by atoms with Crippen molar-refractivity contribution in [3.05, 3.63) is 47.3 Å². The van der Waals surface area contributed by atoms with Crippen LogP contribution in [0.1, 0.15) is 23.1 Å². The fraction of sp³-hybridized carbons (Fsp3) is 0.571. The highest BCUT2D eigenvalue weighted by Crippen LogP contribution is 2.26. The molecule has 0 bridgehead atoms. The summed E-state index contributed by atoms with van der Waals surface area (Å²) >= 11 is 0. The monoisotopic (exact) mass is 371 g/mol. The molecule has 0 radical (unpaired) electrons. The number of fused-ring (bicyclic) bond motifs is 1. The number of aliphatic hydroxyl groups excluding tert-OH is 1. The molecule has 2 aromatic rings. The third-order valence-electron chi connectivity index (χ3n) is 5.36. The third-order valence-corrected chi connectivity index (χ3v) is 5.36. The molecule has 1 aromatic carbocycles. The Morgan fingerprint density at radius 2 is 2.22 bits per heavy atom. The number of nitrogens with zero attached hydrogens (tertiary/aromatic N) is 3. The van der Waals surface area contributed by atoms with Gasteiger partial charge in [0.1, 0.15) is 18.5 Å². The minimum Gasteiger partial charge on any atom is -0.491 e. The van der Waals surface area contributed by atoms with Crippen LogP contribution >= 0.6 is 0 Å². The zero-order valence-electron chi connectivity index (χ0n) is 16.0. The fourth-order valence-electron chi connectivity index (χ4n) is 4.01. The van der Waals surface area contributed by atoms with Crippen LogP contribution in [0.5, 0.6) is 5.75 Å². The van der Waals surface area contributed by atoms with Crippen LogP contribution in [-0.4, -0.2) is 64.8 Å². The number of aliphatic hydroxyl groups is 1. The molecule has 2 aliphatic rings. The van der Waals surface area contributed by atoms with E-state index in [0.717, 1.165) is 37.4 Å². The second-order valence-electron chi connectivity index (χ2n) is 7.74. The number of hydrogen-bond acceptors (Lipinski definition) is 5. The van der Waals surface area contributed by atoms with Crippen molar-refractivity contribution in [2.45, 2.75) is 44.9 Å². The van der Waals surface area contributed by atoms with Gasteiger partial charge in [-0.05, 0) is 55.0 Å². The summed E-state index contributed by atoms with van der Waals surface area (Å²) in [6, 6.07) is 6.31. The second kappa shape index (κ2) is 8.42. The van der Waals surface area contributed by atoms with E-state index < -0.39 is 6.10 Å². The largest absolute Gasteiger partial charge is 0.491 e. The topological polar surface area (TPSA) is 59.8 Å². The number of hydrogen-bond donors (Lipinski definition) is 1. The second-order valence-corrected chi connectivity index (χ2v) is 7.74. The lowest BCUT2D eigenvalue weighted by molar-refractivity contribution is -0.0517. The Kier molecular flexibility index (Phi) is 5.76. The fourth-order valence-corrected chi connectivity index (χ4v) is 4.01. The van der Waals surface area contributed by atoms with Crippen LogP contribution < -0.4 is 4.74 Å². The molecule has 4 rings (SSSR count). The van der Waals surface area contributed by atoms with E-state index in [1.165, 1.54) is 24.0 Å². The average molecular weight is 371 g/mol. The van der Waals surface area contributed by atoms with Gasteiger partial charge < -0.3 is 14.6 Å². The SMILES string of the molecule is Cc1cnn(CC2CN(CC(O)COc3ccc4c(c3)CCC4)CCO2)c1. The van der Waals surface area contributed by atoms with Crippen LogP contribution in [0.4, 0.5) is 0 Å². The molecule has 1 saturated heterocycles. The molecule has 2 heterocycles. The molecule has 2 unspecified atom stereocenters. The molecular weight excluding hydrogens is 342 g/mol. The Morgan fingerprint density at radius 1 is 1.33 bits per heavy atom. The van der Waals surface area contributed by atoms with E-state index >= 15 is 0 Å². The smallest absolute Gasteiger partial charge is 0.119 e. The molecular formula is C21H29N3O3. The first kappa shape index (κ1) is 18.5. The molecule has 0 amide bonds. The summed E-state index contributed by atoms with van der Waals surface area (Å²) in [6.07, 6.45) is 7.03. The summed E-state index contributed by atoms with van der Waals surface area (Å²) in [6.45, 7) is 6.02. The van der Waals surface area contributed by atoms with Crippen molar-refractivity contribution >= 4 is 0 Å². The summed E-state index contributed by atoms with van der Waals surface area (Å²) in [4.78, 5) is 2.25. The molecule has 2 atom stereocenters. The maximum absolute atomic E-state index is 10.4. The number of aromatic nitrogens is 2. The third kappa shape index (κ3) is 4.89. The Balaban J connectivity index is 1.23. The first-order valence-corrected chi connectivity index (χ1v) is 9.91. The molecule has 1 N–H and O–H groups in total. The van der Waals surface area contributed by atoms with Crippen LogP contribution in [0, 0.1) is 6.92 Å². The molecule has 0 saturated carbocycles. The van der Waals surface area contributed by atoms with E-state index in [-0.39, 0.29) is 6.10 Å². The number of ether oxygens (including phenoxy) is 2. The van der Waals surface area contributed by atoms with Crippen molar-refractivity contribution in [2.24, 2.45) is 0 Å². The average Bonchev–Trinajstić information content (AvgIpc) is 3.28. The van der Waals surface area contributed by atoms with Gasteiger partial charge in [-0.3, -0.25) is 9.58 Å². The summed E-state index contributed by atoms with van der Waals surface area (Å²) in [7, 11) is 0. The molecule has 1 aliphatic carbocycles. The molecule has 6 nitrogen and oxygen atoms in total. The van der Waals surface area contributed by atoms with Gasteiger partial charge in [0.05, 0.1) is 25.5 Å². The van der Waals surface area contributed by atoms with Crippen LogP contribution in [0.2, 0.25) is 0 Å². The predicted molar refractivity (Wildman–Crippen MR) is 103 cm³/mol. The van der Waals surface area contributed by atoms with Gasteiger partial charge >= 0.3 is 0 Å². The van der Waals surface area contributed by atoms with Gasteiger partial charge in [-0.2, -0.15) is 5.10 Å². The van der Waals surface area contributed by atoms with E-state index in [2.05, 4.69) is 22.1 Å². The van der Waals surface area contributed by atoms with E-state index in [9.17, 15) is 5.11 Å². The van der Waals surface area contributed by atoms with Gasteiger partial charge in [-0.1, -0.05) is 6.07 Å². The Morgan fingerprint density at radius 3 is 3.07 bits per heavy atom. The Hall–Kier alpha value is -1.89. The summed E-state index contributed by atoms with van der Waals surface area (Å²) in [5.41, 5.74) is 3.99. The Bertz CT molecular complexity index is 761. The van der Waals surface area contributed by atoms with Crippen LogP contribution in [0.3, 0.4) is 0 Å². The van der Waals surface area contributed by atoms with Crippen molar-refractivity contribution in [3.8, 4) is 5.75 Å². The molecule has 1 aliphatic heterocycles. The Labute approximate surface area is 160 Å². The molecule has 1 aromatic heterocycles. The highest BCUT2D eigenvalue weighted by Gasteiger charge is 2.23. The first-order valence-electron chi connectivity index (χ1n) is 9.91. The number of morpholine rings is 1. The minimum atomic E-state index is -0.510. The van der Waals surface area contributed by atoms with Crippen LogP contribution in [-0.2, 0) is 24.1 Å². The van der Waals surface area contributed by atoms with Gasteiger partial charge in [0.25, 0.3) is 0 Å². The van der Waals surface area contributed by atoms with Gasteiger partial charge in [-0.25, -0.2) is 0 Å². The lowest BCUT2D eigenvalue weighted by atomic mass is 10.1. The maximum atomic E-state index is 10.4. The maximum Gasteiger partial charge on any atom is 0.119 e. The molecule has 27 heavy (non-hydrogen) atoms. The van der Waals surface area contributed by atoms with E-state index in [4.69, 9.17) is 9.47 Å². The van der Waals surface area contributed by atoms with Crippen molar-refractivity contribution in [1.29, 1.82) is 0 Å². The number of rotatable bonds is 7. The summed E-state index contributed by atoms with van der Waals surface area (Å²) in [5.74, 6) is 0.864. The summed E-state index contributed by atoms with van der Waals surface area (Å²) < 4.78 is 13.6. The highest BCUT2D eigenvalue weighted by atomic mass is 16.5. The lowest BCUT2D eigenvalue weighted by Crippen LogP contribution is -2.47. The minimum absolute atomic E-state index is 0.0999. The van der Waals surface area contributed by atoms with Gasteiger partial charge in [0.15, 0.2) is 0 Å². The van der Waals surface area contributed by atoms with Crippen LogP contribution in [0.25, 0.3) is 0 Å². The highest BCUT2D eigenvalue weighted by molar-refractivity contribution is 5.38. The van der Waals surface area contributed by atoms with Crippen LogP contribution in [0.15, 0.2) is 30.6 Å². The molecule has 0 spiro atoms. The number of benzene rings is 1. The number of aryl methyl sites for hydroxylation is 3. The van der Waals surface area contributed by atoms with Gasteiger partial charge in [-0.15, -0.1) is 0 Å². The van der Waals surface area contributed by atoms with E-state index in [0.29, 0.717) is 19.8 Å². The number of β-amino-alcohol motifs (C(OH)–C–C–N with tert-alkyl or cyclic N) is 1. The molecule has 6 heteroatoms. The summed E-state index contributed by atoms with van der Waals surface area (Å²) in [5, 5.41) is 14.7. The first-order chi connectivity index (χ1) is 13.2. The normalized spacial score (nSPS) is 21.2. The van der Waals surface area contributed by atoms with Crippen molar-refractivity contribution in [2.75, 3.05) is 32.8 Å². The lowest BCUT2D eigenvalue weighted by Gasteiger charge is -2.34. The predicted octanol–water partition coefficient (Wildman–Crippen LogP) is 1.82. The van der Waals surface area contributed by atoms with E-state index in [1.54, 1.807) is 0 Å². The zero-order valence-corrected chi connectivity index (χ0v) is 16.0. The standard InChI is InChI=1S/C21H29N3O3/c1-16-10-22-24(11-16)14-21-13-23(7-8-26-21)12-19(25)15-27-20-6-5-17-3-2-4-18(17)9-20/h5-6,9-11,19,21,25H,2-4,7-8,12-15H2,1H3. The molecule has 1 fully saturated rings. The zero-order chi connectivity index (χ0) is 18.6. The van der Waals surface area contributed by atoms with Crippen molar-refractivity contribution in [3.63, 3.8) is 0 Å².